The molecule has 22 heavy (non-hydrogen) atoms. The lowest BCUT2D eigenvalue weighted by atomic mass is 9.78. The molecule has 2 nitrogen and oxygen atoms in total. The molecule has 1 aromatic rings. The van der Waals surface area contributed by atoms with Crippen molar-refractivity contribution in [3.8, 4) is 5.75 Å². The van der Waals surface area contributed by atoms with Crippen molar-refractivity contribution in [3.05, 3.63) is 28.8 Å². The van der Waals surface area contributed by atoms with Crippen LogP contribution in [-0.2, 0) is 10.8 Å². The largest absolute Gasteiger partial charge is 0.507 e. The fraction of sp³-hybridized carbons (Fsp3) is 0.647. The molecule has 0 fully saturated rings. The van der Waals surface area contributed by atoms with Crippen LogP contribution in [0.15, 0.2) is 12.1 Å². The molecule has 0 spiro atoms. The number of phenols is 1. The van der Waals surface area contributed by atoms with Crippen molar-refractivity contribution in [3.63, 3.8) is 0 Å². The monoisotopic (exact) mass is 335 g/mol. The van der Waals surface area contributed by atoms with E-state index in [0.717, 1.165) is 11.1 Å². The van der Waals surface area contributed by atoms with Crippen LogP contribution in [0.2, 0.25) is 0 Å². The standard InChI is InChI=1S/C17H27F2NO.ClH/c1-16(2,3)10-7-11(13(20)9-14(18)19)15(21)12(8-10)17(4,5)6;/h7-8,13-14,21H,9,20H2,1-6H3;1H/t13-;/m1./s1. The van der Waals surface area contributed by atoms with Crippen LogP contribution in [0.4, 0.5) is 8.78 Å². The van der Waals surface area contributed by atoms with E-state index in [1.54, 1.807) is 6.07 Å². The Labute approximate surface area is 138 Å². The molecule has 0 bridgehead atoms. The second-order valence-corrected chi connectivity index (χ2v) is 7.69. The van der Waals surface area contributed by atoms with E-state index in [4.69, 9.17) is 5.73 Å². The minimum atomic E-state index is -2.49. The van der Waals surface area contributed by atoms with Crippen LogP contribution < -0.4 is 5.73 Å². The van der Waals surface area contributed by atoms with Crippen molar-refractivity contribution in [1.29, 1.82) is 0 Å². The predicted octanol–water partition coefficient (Wildman–Crippen LogP) is 5.06. The summed E-state index contributed by atoms with van der Waals surface area (Å²) in [5.74, 6) is 0.0450. The van der Waals surface area contributed by atoms with Crippen LogP contribution in [0.25, 0.3) is 0 Å². The van der Waals surface area contributed by atoms with E-state index in [0.29, 0.717) is 5.56 Å². The van der Waals surface area contributed by atoms with Crippen LogP contribution in [0.3, 0.4) is 0 Å². The molecule has 0 radical (unpaired) electrons. The van der Waals surface area contributed by atoms with Gasteiger partial charge < -0.3 is 10.8 Å². The molecule has 0 saturated carbocycles. The van der Waals surface area contributed by atoms with Gasteiger partial charge in [-0.2, -0.15) is 0 Å². The molecule has 0 aromatic heterocycles. The van der Waals surface area contributed by atoms with Gasteiger partial charge in [0, 0.05) is 18.0 Å². The first kappa shape index (κ1) is 21.1. The third-order valence-electron chi connectivity index (χ3n) is 3.65. The smallest absolute Gasteiger partial charge is 0.240 e. The van der Waals surface area contributed by atoms with Gasteiger partial charge in [0.1, 0.15) is 5.75 Å². The van der Waals surface area contributed by atoms with Gasteiger partial charge in [-0.1, -0.05) is 47.6 Å². The predicted molar refractivity (Wildman–Crippen MR) is 90.3 cm³/mol. The Morgan fingerprint density at radius 1 is 1.05 bits per heavy atom. The van der Waals surface area contributed by atoms with Crippen LogP contribution in [-0.4, -0.2) is 11.5 Å². The molecule has 0 aliphatic heterocycles. The molecule has 0 amide bonds. The number of aromatic hydroxyl groups is 1. The van der Waals surface area contributed by atoms with Gasteiger partial charge in [-0.25, -0.2) is 8.78 Å². The Morgan fingerprint density at radius 3 is 1.91 bits per heavy atom. The van der Waals surface area contributed by atoms with E-state index >= 15 is 0 Å². The van der Waals surface area contributed by atoms with Crippen molar-refractivity contribution in [2.75, 3.05) is 0 Å². The van der Waals surface area contributed by atoms with Gasteiger partial charge in [-0.3, -0.25) is 0 Å². The van der Waals surface area contributed by atoms with Crippen molar-refractivity contribution in [1.82, 2.24) is 0 Å². The highest BCUT2D eigenvalue weighted by molar-refractivity contribution is 5.85. The summed E-state index contributed by atoms with van der Waals surface area (Å²) >= 11 is 0. The molecular weight excluding hydrogens is 308 g/mol. The zero-order valence-corrected chi connectivity index (χ0v) is 15.0. The molecule has 0 aliphatic rings. The van der Waals surface area contributed by atoms with Crippen molar-refractivity contribution < 1.29 is 13.9 Å². The minimum absolute atomic E-state index is 0. The second-order valence-electron chi connectivity index (χ2n) is 7.69. The minimum Gasteiger partial charge on any atom is -0.507 e. The number of benzene rings is 1. The highest BCUT2D eigenvalue weighted by atomic mass is 35.5. The summed E-state index contributed by atoms with van der Waals surface area (Å²) in [6.45, 7) is 12.1. The van der Waals surface area contributed by atoms with E-state index in [2.05, 4.69) is 0 Å². The molecule has 1 aromatic carbocycles. The third-order valence-corrected chi connectivity index (χ3v) is 3.65. The van der Waals surface area contributed by atoms with Gasteiger partial charge in [0.2, 0.25) is 6.43 Å². The number of phenolic OH excluding ortho intramolecular Hbond substituents is 1. The normalized spacial score (nSPS) is 13.9. The summed E-state index contributed by atoms with van der Waals surface area (Å²) in [4.78, 5) is 0. The van der Waals surface area contributed by atoms with Crippen molar-refractivity contribution in [2.24, 2.45) is 5.73 Å². The van der Waals surface area contributed by atoms with E-state index in [9.17, 15) is 13.9 Å². The van der Waals surface area contributed by atoms with Crippen LogP contribution in [0, 0.1) is 0 Å². The van der Waals surface area contributed by atoms with Crippen LogP contribution in [0.1, 0.15) is 70.7 Å². The number of nitrogens with two attached hydrogens (primary N) is 1. The molecular formula is C17H28ClF2NO. The summed E-state index contributed by atoms with van der Waals surface area (Å²) < 4.78 is 25.2. The number of rotatable bonds is 3. The van der Waals surface area contributed by atoms with E-state index in [-0.39, 0.29) is 29.0 Å². The first-order chi connectivity index (χ1) is 9.34. The van der Waals surface area contributed by atoms with Crippen molar-refractivity contribution >= 4 is 12.4 Å². The first-order valence-corrected chi connectivity index (χ1v) is 7.25. The topological polar surface area (TPSA) is 46.2 Å². The van der Waals surface area contributed by atoms with Crippen molar-refractivity contribution in [2.45, 2.75) is 71.3 Å². The molecule has 1 atom stereocenters. The highest BCUT2D eigenvalue weighted by Crippen LogP contribution is 2.40. The average molecular weight is 336 g/mol. The summed E-state index contributed by atoms with van der Waals surface area (Å²) in [5, 5.41) is 10.5. The average Bonchev–Trinajstić information content (AvgIpc) is 2.24. The first-order valence-electron chi connectivity index (χ1n) is 7.25. The molecule has 5 heteroatoms. The van der Waals surface area contributed by atoms with Crippen LogP contribution >= 0.6 is 12.4 Å². The quantitative estimate of drug-likeness (QED) is 0.810. The Morgan fingerprint density at radius 2 is 1.55 bits per heavy atom. The Bertz CT molecular complexity index is 505. The van der Waals surface area contributed by atoms with Gasteiger partial charge in [0.15, 0.2) is 0 Å². The van der Waals surface area contributed by atoms with E-state index < -0.39 is 18.9 Å². The Balaban J connectivity index is 0.00000441. The molecule has 0 heterocycles. The number of halogens is 3. The van der Waals surface area contributed by atoms with E-state index in [1.807, 2.05) is 47.6 Å². The zero-order valence-electron chi connectivity index (χ0n) is 14.2. The summed E-state index contributed by atoms with van der Waals surface area (Å²) in [5.41, 5.74) is 7.59. The third kappa shape index (κ3) is 5.10. The Hall–Kier alpha value is -0.870. The maximum Gasteiger partial charge on any atom is 0.240 e. The highest BCUT2D eigenvalue weighted by Gasteiger charge is 2.27. The fourth-order valence-electron chi connectivity index (χ4n) is 2.26. The van der Waals surface area contributed by atoms with Gasteiger partial charge in [-0.15, -0.1) is 12.4 Å². The zero-order chi connectivity index (χ0) is 16.6. The summed E-state index contributed by atoms with van der Waals surface area (Å²) in [6.07, 6.45) is -2.94. The molecule has 3 N–H and O–H groups in total. The van der Waals surface area contributed by atoms with Gasteiger partial charge >= 0.3 is 0 Å². The lowest BCUT2D eigenvalue weighted by molar-refractivity contribution is 0.128. The number of hydrogen-bond donors (Lipinski definition) is 2. The molecule has 0 aliphatic carbocycles. The molecule has 1 rings (SSSR count). The van der Waals surface area contributed by atoms with Gasteiger partial charge in [0.25, 0.3) is 0 Å². The van der Waals surface area contributed by atoms with Crippen LogP contribution in [0.5, 0.6) is 5.75 Å². The van der Waals surface area contributed by atoms with Gasteiger partial charge in [-0.05, 0) is 28.0 Å². The molecule has 128 valence electrons. The SMILES string of the molecule is CC(C)(C)c1cc([C@H](N)CC(F)F)c(O)c(C(C)(C)C)c1.Cl. The second kappa shape index (κ2) is 7.14. The number of alkyl halides is 2. The summed E-state index contributed by atoms with van der Waals surface area (Å²) in [7, 11) is 0. The maximum atomic E-state index is 12.6. The lowest BCUT2D eigenvalue weighted by Gasteiger charge is -2.29. The maximum absolute atomic E-state index is 12.6. The van der Waals surface area contributed by atoms with Gasteiger partial charge in [0.05, 0.1) is 0 Å². The fourth-order valence-corrected chi connectivity index (χ4v) is 2.26. The summed E-state index contributed by atoms with van der Waals surface area (Å²) in [6, 6.07) is 2.85. The molecule has 0 saturated heterocycles. The lowest BCUT2D eigenvalue weighted by Crippen LogP contribution is -2.21. The molecule has 0 unspecified atom stereocenters. The van der Waals surface area contributed by atoms with E-state index in [1.165, 1.54) is 0 Å². The number of hydrogen-bond acceptors (Lipinski definition) is 2. The Kier molecular flexibility index (Phi) is 6.85.